The van der Waals surface area contributed by atoms with Gasteiger partial charge in [0.25, 0.3) is 0 Å². The second kappa shape index (κ2) is 6.51. The van der Waals surface area contributed by atoms with E-state index in [1.165, 1.54) is 12.3 Å². The molecule has 0 bridgehead atoms. The highest BCUT2D eigenvalue weighted by Gasteiger charge is 2.38. The molecule has 1 amide bonds. The van der Waals surface area contributed by atoms with Crippen molar-refractivity contribution in [2.24, 2.45) is 5.92 Å². The van der Waals surface area contributed by atoms with Crippen LogP contribution in [0.2, 0.25) is 0 Å². The Labute approximate surface area is 136 Å². The van der Waals surface area contributed by atoms with Crippen molar-refractivity contribution in [3.05, 3.63) is 54.2 Å². The Morgan fingerprint density at radius 2 is 1.96 bits per heavy atom. The van der Waals surface area contributed by atoms with Crippen LogP contribution < -0.4 is 9.64 Å². The van der Waals surface area contributed by atoms with Crippen molar-refractivity contribution in [1.29, 1.82) is 0 Å². The van der Waals surface area contributed by atoms with Gasteiger partial charge in [0, 0.05) is 6.20 Å². The van der Waals surface area contributed by atoms with Crippen molar-refractivity contribution in [1.82, 2.24) is 4.98 Å². The minimum atomic E-state index is -4.51. The molecule has 4 nitrogen and oxygen atoms in total. The highest BCUT2D eigenvalue weighted by atomic mass is 19.4. The zero-order chi connectivity index (χ0) is 17.2. The molecule has 1 atom stereocenters. The molecule has 1 aromatic heterocycles. The number of hydrogen-bond acceptors (Lipinski definition) is 3. The SMILES string of the molecule is O=C([C@@H]1COc2ccccc2C1)N(CC(F)(F)F)c1ccccn1. The monoisotopic (exact) mass is 336 g/mol. The fourth-order valence-corrected chi connectivity index (χ4v) is 2.67. The van der Waals surface area contributed by atoms with Gasteiger partial charge in [-0.05, 0) is 30.2 Å². The van der Waals surface area contributed by atoms with Crippen molar-refractivity contribution in [2.45, 2.75) is 12.6 Å². The largest absolute Gasteiger partial charge is 0.492 e. The molecule has 1 aliphatic heterocycles. The van der Waals surface area contributed by atoms with E-state index in [0.29, 0.717) is 17.1 Å². The zero-order valence-corrected chi connectivity index (χ0v) is 12.7. The summed E-state index contributed by atoms with van der Waals surface area (Å²) in [6.07, 6.45) is -2.81. The molecule has 0 unspecified atom stereocenters. The number of aromatic nitrogens is 1. The Morgan fingerprint density at radius 3 is 2.67 bits per heavy atom. The van der Waals surface area contributed by atoms with E-state index >= 15 is 0 Å². The van der Waals surface area contributed by atoms with Gasteiger partial charge in [-0.25, -0.2) is 4.98 Å². The van der Waals surface area contributed by atoms with Crippen LogP contribution in [0.5, 0.6) is 5.75 Å². The quantitative estimate of drug-likeness (QED) is 0.864. The van der Waals surface area contributed by atoms with Crippen LogP contribution in [0.1, 0.15) is 5.56 Å². The van der Waals surface area contributed by atoms with E-state index in [9.17, 15) is 18.0 Å². The molecule has 2 aromatic rings. The molecule has 7 heteroatoms. The third-order valence-electron chi connectivity index (χ3n) is 3.76. The van der Waals surface area contributed by atoms with Gasteiger partial charge >= 0.3 is 6.18 Å². The number of nitrogens with zero attached hydrogens (tertiary/aromatic N) is 2. The number of benzene rings is 1. The van der Waals surface area contributed by atoms with Gasteiger partial charge in [0.05, 0.1) is 5.92 Å². The fraction of sp³-hybridized carbons (Fsp3) is 0.294. The van der Waals surface area contributed by atoms with E-state index in [4.69, 9.17) is 4.74 Å². The maximum absolute atomic E-state index is 12.9. The first-order valence-corrected chi connectivity index (χ1v) is 7.44. The van der Waals surface area contributed by atoms with Gasteiger partial charge in [-0.2, -0.15) is 13.2 Å². The van der Waals surface area contributed by atoms with Crippen LogP contribution in [0.3, 0.4) is 0 Å². The van der Waals surface area contributed by atoms with Crippen LogP contribution in [0, 0.1) is 5.92 Å². The number of carbonyl (C=O) groups is 1. The summed E-state index contributed by atoms with van der Waals surface area (Å²) in [5.74, 6) is -0.662. The predicted molar refractivity (Wildman–Crippen MR) is 81.8 cm³/mol. The van der Waals surface area contributed by atoms with E-state index in [0.717, 1.165) is 5.56 Å². The Bertz CT molecular complexity index is 719. The van der Waals surface area contributed by atoms with Crippen LogP contribution in [0.15, 0.2) is 48.7 Å². The minimum absolute atomic E-state index is 0.0151. The number of ether oxygens (including phenoxy) is 1. The maximum Gasteiger partial charge on any atom is 0.406 e. The summed E-state index contributed by atoms with van der Waals surface area (Å²) in [6.45, 7) is -1.32. The fourth-order valence-electron chi connectivity index (χ4n) is 2.67. The second-order valence-corrected chi connectivity index (χ2v) is 5.55. The first-order chi connectivity index (χ1) is 11.4. The number of fused-ring (bicyclic) bond motifs is 1. The molecule has 2 heterocycles. The summed E-state index contributed by atoms with van der Waals surface area (Å²) in [5, 5.41) is 0. The van der Waals surface area contributed by atoms with Crippen molar-refractivity contribution in [2.75, 3.05) is 18.1 Å². The van der Waals surface area contributed by atoms with E-state index in [-0.39, 0.29) is 12.4 Å². The van der Waals surface area contributed by atoms with Gasteiger partial charge in [-0.15, -0.1) is 0 Å². The smallest absolute Gasteiger partial charge is 0.406 e. The molecule has 0 fully saturated rings. The standard InChI is InChI=1S/C17H15F3N2O2/c18-17(19,20)11-22(15-7-3-4-8-21-15)16(23)13-9-12-5-1-2-6-14(12)24-10-13/h1-8,13H,9-11H2/t13-/m0/s1. The molecular formula is C17H15F3N2O2. The predicted octanol–water partition coefficient (Wildman–Crippen LogP) is 3.23. The van der Waals surface area contributed by atoms with Gasteiger partial charge < -0.3 is 4.74 Å². The molecule has 126 valence electrons. The summed E-state index contributed by atoms with van der Waals surface area (Å²) in [5.41, 5.74) is 0.815. The van der Waals surface area contributed by atoms with Crippen molar-refractivity contribution >= 4 is 11.7 Å². The van der Waals surface area contributed by atoms with E-state index in [2.05, 4.69) is 4.98 Å². The third kappa shape index (κ3) is 3.67. The van der Waals surface area contributed by atoms with Crippen molar-refractivity contribution in [3.8, 4) is 5.75 Å². The molecule has 24 heavy (non-hydrogen) atoms. The molecule has 0 saturated heterocycles. The topological polar surface area (TPSA) is 42.4 Å². The lowest BCUT2D eigenvalue weighted by molar-refractivity contribution is -0.135. The maximum atomic E-state index is 12.9. The first kappa shape index (κ1) is 16.3. The Morgan fingerprint density at radius 1 is 1.21 bits per heavy atom. The Kier molecular flexibility index (Phi) is 4.42. The Balaban J connectivity index is 1.84. The average molecular weight is 336 g/mol. The van der Waals surface area contributed by atoms with Crippen LogP contribution in [-0.2, 0) is 11.2 Å². The molecule has 0 radical (unpaired) electrons. The number of carbonyl (C=O) groups excluding carboxylic acids is 1. The number of amides is 1. The van der Waals surface area contributed by atoms with E-state index in [1.54, 1.807) is 24.3 Å². The number of anilines is 1. The Hall–Kier alpha value is -2.57. The number of hydrogen-bond donors (Lipinski definition) is 0. The van der Waals surface area contributed by atoms with E-state index < -0.39 is 24.5 Å². The number of halogens is 3. The molecule has 1 aromatic carbocycles. The molecule has 1 aliphatic rings. The summed E-state index contributed by atoms with van der Waals surface area (Å²) in [4.78, 5) is 17.3. The van der Waals surface area contributed by atoms with Gasteiger partial charge in [-0.1, -0.05) is 24.3 Å². The molecule has 0 N–H and O–H groups in total. The first-order valence-electron chi connectivity index (χ1n) is 7.44. The second-order valence-electron chi connectivity index (χ2n) is 5.55. The summed E-state index contributed by atoms with van der Waals surface area (Å²) < 4.78 is 44.2. The molecular weight excluding hydrogens is 321 g/mol. The van der Waals surface area contributed by atoms with Crippen molar-refractivity contribution < 1.29 is 22.7 Å². The number of pyridine rings is 1. The van der Waals surface area contributed by atoms with Crippen LogP contribution in [0.25, 0.3) is 0 Å². The van der Waals surface area contributed by atoms with E-state index in [1.807, 2.05) is 12.1 Å². The number of para-hydroxylation sites is 1. The zero-order valence-electron chi connectivity index (χ0n) is 12.7. The van der Waals surface area contributed by atoms with Gasteiger partial charge in [0.15, 0.2) is 0 Å². The van der Waals surface area contributed by atoms with Gasteiger partial charge in [0.2, 0.25) is 5.91 Å². The summed E-state index contributed by atoms with van der Waals surface area (Å²) >= 11 is 0. The van der Waals surface area contributed by atoms with Crippen molar-refractivity contribution in [3.63, 3.8) is 0 Å². The van der Waals surface area contributed by atoms with Gasteiger partial charge in [0.1, 0.15) is 24.7 Å². The lowest BCUT2D eigenvalue weighted by Crippen LogP contribution is -2.45. The highest BCUT2D eigenvalue weighted by Crippen LogP contribution is 2.29. The van der Waals surface area contributed by atoms with Crippen LogP contribution in [0.4, 0.5) is 19.0 Å². The number of alkyl halides is 3. The number of rotatable bonds is 3. The summed E-state index contributed by atoms with van der Waals surface area (Å²) in [6, 6.07) is 11.7. The minimum Gasteiger partial charge on any atom is -0.492 e. The normalized spacial score (nSPS) is 16.9. The highest BCUT2D eigenvalue weighted by molar-refractivity contribution is 5.94. The third-order valence-corrected chi connectivity index (χ3v) is 3.76. The summed E-state index contributed by atoms with van der Waals surface area (Å²) in [7, 11) is 0. The molecule has 0 spiro atoms. The molecule has 3 rings (SSSR count). The average Bonchev–Trinajstić information content (AvgIpc) is 2.58. The molecule has 0 saturated carbocycles. The van der Waals surface area contributed by atoms with Crippen LogP contribution >= 0.6 is 0 Å². The molecule has 0 aliphatic carbocycles. The lowest BCUT2D eigenvalue weighted by Gasteiger charge is -2.30. The van der Waals surface area contributed by atoms with Gasteiger partial charge in [-0.3, -0.25) is 9.69 Å². The lowest BCUT2D eigenvalue weighted by atomic mass is 9.95. The van der Waals surface area contributed by atoms with Crippen LogP contribution in [-0.4, -0.2) is 30.2 Å².